The Balaban J connectivity index is 0.00000240. The summed E-state index contributed by atoms with van der Waals surface area (Å²) in [4.78, 5) is 11.2. The first-order valence-electron chi connectivity index (χ1n) is 9.52. The van der Waals surface area contributed by atoms with Crippen LogP contribution in [-0.2, 0) is 12.8 Å². The van der Waals surface area contributed by atoms with E-state index in [1.54, 1.807) is 0 Å². The van der Waals surface area contributed by atoms with Gasteiger partial charge in [0.1, 0.15) is 5.75 Å². The molecule has 1 aromatic carbocycles. The van der Waals surface area contributed by atoms with Gasteiger partial charge in [-0.3, -0.25) is 4.90 Å². The highest BCUT2D eigenvalue weighted by atomic mass is 35.5. The largest absolute Gasteiger partial charge is 0.494 e. The average Bonchev–Trinajstić information content (AvgIpc) is 3.37. The van der Waals surface area contributed by atoms with Crippen molar-refractivity contribution in [1.82, 2.24) is 30.5 Å². The second-order valence-corrected chi connectivity index (χ2v) is 6.72. The number of piperazine rings is 1. The molecule has 3 heterocycles. The highest BCUT2D eigenvalue weighted by molar-refractivity contribution is 5.85. The molecule has 10 heteroatoms. The Bertz CT molecular complexity index is 897. The first-order chi connectivity index (χ1) is 13.7. The molecule has 0 bridgehead atoms. The van der Waals surface area contributed by atoms with Crippen molar-refractivity contribution in [2.24, 2.45) is 0 Å². The standard InChI is InChI=1S/C19H24N6O3.ClH/c1-3-26-14-6-4-13(5-7-14)18-21-16(27-23-18)8-9-17-22-19(24-28-17)15-12-20-10-11-25(15)2;/h4-7,15,20H,3,8-12H2,1-2H3;1H. The lowest BCUT2D eigenvalue weighted by atomic mass is 10.2. The minimum Gasteiger partial charge on any atom is -0.494 e. The zero-order chi connectivity index (χ0) is 19.3. The molecule has 4 rings (SSSR count). The highest BCUT2D eigenvalue weighted by Gasteiger charge is 2.25. The Morgan fingerprint density at radius 3 is 2.55 bits per heavy atom. The van der Waals surface area contributed by atoms with Crippen LogP contribution in [0.25, 0.3) is 11.4 Å². The summed E-state index contributed by atoms with van der Waals surface area (Å²) < 4.78 is 16.2. The number of hydrogen-bond donors (Lipinski definition) is 1. The normalized spacial score (nSPS) is 17.1. The van der Waals surface area contributed by atoms with Crippen molar-refractivity contribution in [3.8, 4) is 17.1 Å². The first-order valence-corrected chi connectivity index (χ1v) is 9.52. The Morgan fingerprint density at radius 2 is 1.83 bits per heavy atom. The Hall–Kier alpha value is -2.49. The van der Waals surface area contributed by atoms with Crippen molar-refractivity contribution in [3.63, 3.8) is 0 Å². The van der Waals surface area contributed by atoms with Gasteiger partial charge in [0.25, 0.3) is 0 Å². The molecule has 3 aromatic rings. The maximum absolute atomic E-state index is 5.45. The van der Waals surface area contributed by atoms with Crippen LogP contribution in [0, 0.1) is 0 Å². The summed E-state index contributed by atoms with van der Waals surface area (Å²) in [6.07, 6.45) is 1.10. The van der Waals surface area contributed by atoms with Gasteiger partial charge in [-0.15, -0.1) is 12.4 Å². The van der Waals surface area contributed by atoms with Gasteiger partial charge in [0, 0.05) is 38.0 Å². The Kier molecular flexibility index (Phi) is 7.18. The van der Waals surface area contributed by atoms with Gasteiger partial charge in [-0.25, -0.2) is 0 Å². The fourth-order valence-electron chi connectivity index (χ4n) is 3.15. The van der Waals surface area contributed by atoms with Crippen molar-refractivity contribution < 1.29 is 13.8 Å². The molecule has 1 aliphatic rings. The van der Waals surface area contributed by atoms with Crippen molar-refractivity contribution in [1.29, 1.82) is 0 Å². The van der Waals surface area contributed by atoms with Crippen LogP contribution in [0.15, 0.2) is 33.3 Å². The average molecular weight is 421 g/mol. The molecule has 29 heavy (non-hydrogen) atoms. The number of halogens is 1. The maximum Gasteiger partial charge on any atom is 0.227 e. The molecule has 1 N–H and O–H groups in total. The molecule has 9 nitrogen and oxygen atoms in total. The molecule has 0 spiro atoms. The van der Waals surface area contributed by atoms with Crippen molar-refractivity contribution in [2.45, 2.75) is 25.8 Å². The number of likely N-dealkylation sites (N-methyl/N-ethyl adjacent to an activating group) is 1. The minimum atomic E-state index is 0. The first kappa shape index (κ1) is 21.2. The van der Waals surface area contributed by atoms with E-state index < -0.39 is 0 Å². The molecule has 0 saturated carbocycles. The van der Waals surface area contributed by atoms with Gasteiger partial charge in [-0.05, 0) is 38.2 Å². The van der Waals surface area contributed by atoms with E-state index in [1.807, 2.05) is 31.2 Å². The van der Waals surface area contributed by atoms with E-state index >= 15 is 0 Å². The van der Waals surface area contributed by atoms with E-state index in [9.17, 15) is 0 Å². The van der Waals surface area contributed by atoms with Crippen molar-refractivity contribution in [3.05, 3.63) is 41.9 Å². The van der Waals surface area contributed by atoms with E-state index in [-0.39, 0.29) is 18.4 Å². The molecule has 1 atom stereocenters. The van der Waals surface area contributed by atoms with Crippen LogP contribution < -0.4 is 10.1 Å². The monoisotopic (exact) mass is 420 g/mol. The molecule has 156 valence electrons. The van der Waals surface area contributed by atoms with Gasteiger partial charge >= 0.3 is 0 Å². The number of nitrogens with zero attached hydrogens (tertiary/aromatic N) is 5. The zero-order valence-electron chi connectivity index (χ0n) is 16.5. The summed E-state index contributed by atoms with van der Waals surface area (Å²) in [5.74, 6) is 3.21. The van der Waals surface area contributed by atoms with Crippen LogP contribution in [-0.4, -0.2) is 58.5 Å². The second-order valence-electron chi connectivity index (χ2n) is 6.72. The highest BCUT2D eigenvalue weighted by Crippen LogP contribution is 2.21. The van der Waals surface area contributed by atoms with Crippen molar-refractivity contribution in [2.75, 3.05) is 33.3 Å². The fourth-order valence-corrected chi connectivity index (χ4v) is 3.15. The SMILES string of the molecule is CCOc1ccc(-c2noc(CCc3nc(C4CNCCN4C)no3)n2)cc1.Cl. The predicted octanol–water partition coefficient (Wildman–Crippen LogP) is 2.30. The molecule has 1 saturated heterocycles. The fraction of sp³-hybridized carbons (Fsp3) is 0.474. The molecule has 1 aliphatic heterocycles. The molecule has 0 amide bonds. The van der Waals surface area contributed by atoms with Gasteiger partial charge < -0.3 is 19.1 Å². The number of nitrogens with one attached hydrogen (secondary N) is 1. The number of aryl methyl sites for hydroxylation is 2. The summed E-state index contributed by atoms with van der Waals surface area (Å²) in [6.45, 7) is 5.35. The Labute approximate surface area is 175 Å². The van der Waals surface area contributed by atoms with E-state index in [4.69, 9.17) is 13.8 Å². The van der Waals surface area contributed by atoms with Crippen LogP contribution in [0.4, 0.5) is 0 Å². The molecule has 0 radical (unpaired) electrons. The third-order valence-electron chi connectivity index (χ3n) is 4.74. The Morgan fingerprint density at radius 1 is 1.10 bits per heavy atom. The minimum absolute atomic E-state index is 0. The van der Waals surface area contributed by atoms with E-state index in [0.717, 1.165) is 30.9 Å². The van der Waals surface area contributed by atoms with Crippen LogP contribution in [0.3, 0.4) is 0 Å². The second kappa shape index (κ2) is 9.82. The smallest absolute Gasteiger partial charge is 0.227 e. The third-order valence-corrected chi connectivity index (χ3v) is 4.74. The predicted molar refractivity (Wildman–Crippen MR) is 108 cm³/mol. The van der Waals surface area contributed by atoms with Crippen LogP contribution in [0.5, 0.6) is 5.75 Å². The molecule has 1 fully saturated rings. The van der Waals surface area contributed by atoms with Crippen LogP contribution >= 0.6 is 12.4 Å². The summed E-state index contributed by atoms with van der Waals surface area (Å²) in [5, 5.41) is 11.5. The lowest BCUT2D eigenvalue weighted by Gasteiger charge is -2.30. The molecule has 1 unspecified atom stereocenters. The topological polar surface area (TPSA) is 102 Å². The van der Waals surface area contributed by atoms with Crippen LogP contribution in [0.1, 0.15) is 30.6 Å². The third kappa shape index (κ3) is 5.11. The quantitative estimate of drug-likeness (QED) is 0.616. The van der Waals surface area contributed by atoms with E-state index in [1.165, 1.54) is 0 Å². The number of aromatic nitrogens is 4. The molecule has 0 aliphatic carbocycles. The van der Waals surface area contributed by atoms with E-state index in [0.29, 0.717) is 42.9 Å². The number of rotatable bonds is 7. The lowest BCUT2D eigenvalue weighted by Crippen LogP contribution is -2.44. The van der Waals surface area contributed by atoms with Gasteiger partial charge in [-0.2, -0.15) is 9.97 Å². The van der Waals surface area contributed by atoms with Gasteiger partial charge in [0.05, 0.1) is 12.6 Å². The van der Waals surface area contributed by atoms with E-state index in [2.05, 4.69) is 37.5 Å². The summed E-state index contributed by atoms with van der Waals surface area (Å²) >= 11 is 0. The molecular weight excluding hydrogens is 396 g/mol. The molecular formula is C19H25ClN6O3. The number of ether oxygens (including phenoxy) is 1. The lowest BCUT2D eigenvalue weighted by molar-refractivity contribution is 0.190. The molecule has 2 aromatic heterocycles. The van der Waals surface area contributed by atoms with Crippen molar-refractivity contribution >= 4 is 12.4 Å². The summed E-state index contributed by atoms with van der Waals surface area (Å²) in [5.41, 5.74) is 0.881. The van der Waals surface area contributed by atoms with Gasteiger partial charge in [0.15, 0.2) is 5.82 Å². The van der Waals surface area contributed by atoms with Gasteiger partial charge in [0.2, 0.25) is 17.6 Å². The number of benzene rings is 1. The maximum atomic E-state index is 5.45. The van der Waals surface area contributed by atoms with Crippen LogP contribution in [0.2, 0.25) is 0 Å². The summed E-state index contributed by atoms with van der Waals surface area (Å²) in [7, 11) is 2.07. The zero-order valence-corrected chi connectivity index (χ0v) is 17.3. The number of hydrogen-bond acceptors (Lipinski definition) is 9. The van der Waals surface area contributed by atoms with Gasteiger partial charge in [-0.1, -0.05) is 10.3 Å². The summed E-state index contributed by atoms with van der Waals surface area (Å²) in [6, 6.07) is 7.76.